The van der Waals surface area contributed by atoms with Crippen LogP contribution in [0.2, 0.25) is 0 Å². The van der Waals surface area contributed by atoms with Crippen LogP contribution in [-0.4, -0.2) is 26.7 Å². The topological polar surface area (TPSA) is 112 Å². The molecule has 0 saturated carbocycles. The Bertz CT molecular complexity index is 527. The molecular formula is C10H14N6O2. The van der Waals surface area contributed by atoms with E-state index in [4.69, 9.17) is 15.0 Å². The average Bonchev–Trinajstić information content (AvgIpc) is 2.72. The number of nitrogens with two attached hydrogens (primary N) is 1. The molecule has 8 heteroatoms. The molecule has 0 bridgehead atoms. The molecule has 18 heavy (non-hydrogen) atoms. The highest BCUT2D eigenvalue weighted by molar-refractivity contribution is 5.32. The first-order chi connectivity index (χ1) is 8.67. The Morgan fingerprint density at radius 2 is 2.22 bits per heavy atom. The molecule has 0 aliphatic rings. The molecule has 0 aliphatic carbocycles. The van der Waals surface area contributed by atoms with Crippen molar-refractivity contribution in [2.24, 2.45) is 0 Å². The maximum absolute atomic E-state index is 5.54. The molecule has 3 N–H and O–H groups in total. The van der Waals surface area contributed by atoms with Crippen molar-refractivity contribution in [2.45, 2.75) is 20.4 Å². The van der Waals surface area contributed by atoms with E-state index in [0.29, 0.717) is 24.9 Å². The van der Waals surface area contributed by atoms with Crippen LogP contribution in [0.4, 0.5) is 11.9 Å². The number of nitrogens with zero attached hydrogens (tertiary/aromatic N) is 4. The Morgan fingerprint density at radius 3 is 2.89 bits per heavy atom. The van der Waals surface area contributed by atoms with E-state index in [1.54, 1.807) is 0 Å². The minimum Gasteiger partial charge on any atom is -0.464 e. The second kappa shape index (κ2) is 5.30. The van der Waals surface area contributed by atoms with E-state index in [1.165, 1.54) is 0 Å². The van der Waals surface area contributed by atoms with Gasteiger partial charge in [-0.15, -0.1) is 0 Å². The molecular weight excluding hydrogens is 236 g/mol. The van der Waals surface area contributed by atoms with E-state index >= 15 is 0 Å². The van der Waals surface area contributed by atoms with Gasteiger partial charge in [-0.25, -0.2) is 0 Å². The largest absolute Gasteiger partial charge is 0.464 e. The zero-order valence-corrected chi connectivity index (χ0v) is 10.2. The van der Waals surface area contributed by atoms with Gasteiger partial charge in [0.15, 0.2) is 5.76 Å². The van der Waals surface area contributed by atoms with Crippen LogP contribution in [0.3, 0.4) is 0 Å². The summed E-state index contributed by atoms with van der Waals surface area (Å²) in [5.41, 5.74) is 6.36. The molecule has 0 aromatic carbocycles. The van der Waals surface area contributed by atoms with Crippen LogP contribution in [0, 0.1) is 6.92 Å². The van der Waals surface area contributed by atoms with Gasteiger partial charge in [-0.1, -0.05) is 5.16 Å². The average molecular weight is 250 g/mol. The van der Waals surface area contributed by atoms with Crippen LogP contribution in [0.25, 0.3) is 0 Å². The summed E-state index contributed by atoms with van der Waals surface area (Å²) >= 11 is 0. The Morgan fingerprint density at radius 1 is 1.39 bits per heavy atom. The molecule has 2 heterocycles. The van der Waals surface area contributed by atoms with Gasteiger partial charge in [0.05, 0.1) is 18.8 Å². The van der Waals surface area contributed by atoms with Gasteiger partial charge in [0.1, 0.15) is 0 Å². The first-order valence-corrected chi connectivity index (χ1v) is 5.47. The van der Waals surface area contributed by atoms with Crippen molar-refractivity contribution in [3.63, 3.8) is 0 Å². The highest BCUT2D eigenvalue weighted by atomic mass is 16.5. The standard InChI is InChI=1S/C10H14N6O2/c1-3-17-10-14-8(11)13-9(15-10)12-5-7-4-6(2)16-18-7/h4H,3,5H2,1-2H3,(H3,11,12,13,14,15). The molecule has 0 atom stereocenters. The Hall–Kier alpha value is -2.38. The molecule has 96 valence electrons. The quantitative estimate of drug-likeness (QED) is 0.799. The fourth-order valence-corrected chi connectivity index (χ4v) is 1.31. The zero-order valence-electron chi connectivity index (χ0n) is 10.2. The number of aromatic nitrogens is 4. The normalized spacial score (nSPS) is 10.3. The molecule has 2 rings (SSSR count). The second-order valence-corrected chi connectivity index (χ2v) is 3.52. The number of anilines is 2. The molecule has 0 saturated heterocycles. The summed E-state index contributed by atoms with van der Waals surface area (Å²) in [6, 6.07) is 2.02. The molecule has 0 fully saturated rings. The van der Waals surface area contributed by atoms with Crippen molar-refractivity contribution in [1.82, 2.24) is 20.1 Å². The van der Waals surface area contributed by atoms with Crippen LogP contribution in [0.15, 0.2) is 10.6 Å². The first kappa shape index (κ1) is 12.1. The second-order valence-electron chi connectivity index (χ2n) is 3.52. The SMILES string of the molecule is CCOc1nc(N)nc(NCc2cc(C)no2)n1. The third-order valence-corrected chi connectivity index (χ3v) is 2.00. The molecule has 0 unspecified atom stereocenters. The van der Waals surface area contributed by atoms with Crippen LogP contribution in [0.5, 0.6) is 6.01 Å². The Labute approximate surface area is 104 Å². The lowest BCUT2D eigenvalue weighted by molar-refractivity contribution is 0.312. The summed E-state index contributed by atoms with van der Waals surface area (Å²) in [6.07, 6.45) is 0. The van der Waals surface area contributed by atoms with Gasteiger partial charge in [-0.05, 0) is 13.8 Å². The monoisotopic (exact) mass is 250 g/mol. The van der Waals surface area contributed by atoms with Crippen molar-refractivity contribution >= 4 is 11.9 Å². The van der Waals surface area contributed by atoms with Crippen molar-refractivity contribution in [3.8, 4) is 6.01 Å². The number of rotatable bonds is 5. The van der Waals surface area contributed by atoms with E-state index < -0.39 is 0 Å². The Balaban J connectivity index is 2.04. The van der Waals surface area contributed by atoms with Crippen molar-refractivity contribution in [3.05, 3.63) is 17.5 Å². The number of nitrogens with one attached hydrogen (secondary N) is 1. The molecule has 0 radical (unpaired) electrons. The van der Waals surface area contributed by atoms with Gasteiger partial charge in [0.25, 0.3) is 0 Å². The molecule has 0 amide bonds. The van der Waals surface area contributed by atoms with Crippen LogP contribution in [-0.2, 0) is 6.54 Å². The number of aryl methyl sites for hydroxylation is 1. The predicted molar refractivity (Wildman–Crippen MR) is 64.0 cm³/mol. The van der Waals surface area contributed by atoms with Gasteiger partial charge < -0.3 is 20.3 Å². The van der Waals surface area contributed by atoms with Crippen molar-refractivity contribution in [1.29, 1.82) is 0 Å². The minimum absolute atomic E-state index is 0.102. The summed E-state index contributed by atoms with van der Waals surface area (Å²) in [5, 5.41) is 6.73. The number of ether oxygens (including phenoxy) is 1. The molecule has 2 aromatic rings. The van der Waals surface area contributed by atoms with Gasteiger partial charge >= 0.3 is 6.01 Å². The number of hydrogen-bond acceptors (Lipinski definition) is 8. The van der Waals surface area contributed by atoms with Gasteiger partial charge in [0, 0.05) is 6.07 Å². The van der Waals surface area contributed by atoms with Crippen LogP contribution < -0.4 is 15.8 Å². The van der Waals surface area contributed by atoms with E-state index in [9.17, 15) is 0 Å². The fourth-order valence-electron chi connectivity index (χ4n) is 1.31. The smallest absolute Gasteiger partial charge is 0.323 e. The van der Waals surface area contributed by atoms with E-state index in [0.717, 1.165) is 5.69 Å². The summed E-state index contributed by atoms with van der Waals surface area (Å²) < 4.78 is 10.2. The summed E-state index contributed by atoms with van der Waals surface area (Å²) in [6.45, 7) is 4.56. The molecule has 0 spiro atoms. The lowest BCUT2D eigenvalue weighted by Crippen LogP contribution is -2.08. The minimum atomic E-state index is 0.102. The van der Waals surface area contributed by atoms with E-state index in [2.05, 4.69) is 25.4 Å². The highest BCUT2D eigenvalue weighted by Crippen LogP contribution is 2.10. The van der Waals surface area contributed by atoms with Crippen LogP contribution in [0.1, 0.15) is 18.4 Å². The van der Waals surface area contributed by atoms with Gasteiger partial charge in [-0.2, -0.15) is 15.0 Å². The van der Waals surface area contributed by atoms with Gasteiger partial charge in [0.2, 0.25) is 11.9 Å². The lowest BCUT2D eigenvalue weighted by atomic mass is 10.4. The third-order valence-electron chi connectivity index (χ3n) is 2.00. The highest BCUT2D eigenvalue weighted by Gasteiger charge is 2.06. The van der Waals surface area contributed by atoms with Gasteiger partial charge in [-0.3, -0.25) is 0 Å². The summed E-state index contributed by atoms with van der Waals surface area (Å²) in [7, 11) is 0. The summed E-state index contributed by atoms with van der Waals surface area (Å²) in [4.78, 5) is 11.8. The third kappa shape index (κ3) is 3.06. The van der Waals surface area contributed by atoms with Crippen molar-refractivity contribution < 1.29 is 9.26 Å². The maximum atomic E-state index is 5.54. The number of hydrogen-bond donors (Lipinski definition) is 2. The van der Waals surface area contributed by atoms with Crippen molar-refractivity contribution in [2.75, 3.05) is 17.7 Å². The predicted octanol–water partition coefficient (Wildman–Crippen LogP) is 0.761. The Kier molecular flexibility index (Phi) is 3.56. The maximum Gasteiger partial charge on any atom is 0.323 e. The molecule has 2 aromatic heterocycles. The lowest BCUT2D eigenvalue weighted by Gasteiger charge is -2.05. The number of nitrogen functional groups attached to an aromatic ring is 1. The fraction of sp³-hybridized carbons (Fsp3) is 0.400. The first-order valence-electron chi connectivity index (χ1n) is 5.47. The summed E-state index contributed by atoms with van der Waals surface area (Å²) in [5.74, 6) is 1.12. The van der Waals surface area contributed by atoms with E-state index in [1.807, 2.05) is 19.9 Å². The zero-order chi connectivity index (χ0) is 13.0. The van der Waals surface area contributed by atoms with Crippen LogP contribution >= 0.6 is 0 Å². The van der Waals surface area contributed by atoms with E-state index in [-0.39, 0.29) is 12.0 Å². The molecule has 8 nitrogen and oxygen atoms in total. The molecule has 0 aliphatic heterocycles.